The number of rotatable bonds is 4. The molecule has 3 rings (SSSR count). The first-order valence-corrected chi connectivity index (χ1v) is 23.0. The molecule has 0 aliphatic carbocycles. The number of aliphatic hydroxyl groups excluding tert-OH is 10. The van der Waals surface area contributed by atoms with Crippen LogP contribution in [-0.2, 0) is 23.7 Å². The van der Waals surface area contributed by atoms with Crippen LogP contribution in [0.1, 0.15) is 79.1 Å². The number of hydrogen-bond acceptors (Lipinski definition) is 17. The van der Waals surface area contributed by atoms with Gasteiger partial charge < -0.3 is 80.9 Å². The standard InChI is InChI=1S/C49H77NO16/c1-30-18-15-13-11-9-7-5-6-8-10-12-14-16-19-37(65-48-47(61)44(50)46(60)33(4)64-48)27-42-38(20-17-23-51)41(57)29-49(62,66-42)28-36(54)25-40(56)39(55)22-21-34(52)24-35(53)26-43(58)63-32(3)31(2)45(30)59/h5-20,30-42,44-48,51-57,59-62H,21-29,50H2,1-4H3/b6-5+,9-7+,10-8+,13-11+,14-12+,18-15-,19-16+,20-17+/t30-,31-,32-,33+,34+,35+,36-,37-,38+,39+,40+,41-,42-,44-,45+,46+,47-,48-,49+/m0/s1. The highest BCUT2D eigenvalue weighted by atomic mass is 16.7. The average molecular weight is 936 g/mol. The van der Waals surface area contributed by atoms with Crippen LogP contribution in [-0.4, -0.2) is 166 Å². The Kier molecular flexibility index (Phi) is 25.1. The Morgan fingerprint density at radius 1 is 0.682 bits per heavy atom. The Morgan fingerprint density at radius 2 is 1.27 bits per heavy atom. The Bertz CT molecular complexity index is 1660. The summed E-state index contributed by atoms with van der Waals surface area (Å²) in [6, 6.07) is -1.09. The predicted molar refractivity (Wildman–Crippen MR) is 246 cm³/mol. The van der Waals surface area contributed by atoms with E-state index in [0.29, 0.717) is 0 Å². The molecule has 3 aliphatic rings. The smallest absolute Gasteiger partial charge is 0.308 e. The molecule has 3 aliphatic heterocycles. The van der Waals surface area contributed by atoms with E-state index in [0.717, 1.165) is 0 Å². The van der Waals surface area contributed by atoms with Gasteiger partial charge in [0.2, 0.25) is 0 Å². The van der Waals surface area contributed by atoms with Crippen molar-refractivity contribution < 1.29 is 79.9 Å². The van der Waals surface area contributed by atoms with Gasteiger partial charge in [0.25, 0.3) is 0 Å². The molecule has 13 N–H and O–H groups in total. The van der Waals surface area contributed by atoms with Crippen molar-refractivity contribution in [3.05, 3.63) is 97.2 Å². The van der Waals surface area contributed by atoms with E-state index in [2.05, 4.69) is 0 Å². The van der Waals surface area contributed by atoms with Gasteiger partial charge in [-0.15, -0.1) is 0 Å². The average Bonchev–Trinajstić information content (AvgIpc) is 3.24. The van der Waals surface area contributed by atoms with E-state index in [1.807, 2.05) is 49.5 Å². The van der Waals surface area contributed by atoms with Gasteiger partial charge in [-0.05, 0) is 33.1 Å². The van der Waals surface area contributed by atoms with E-state index in [1.165, 1.54) is 6.08 Å². The molecule has 0 amide bonds. The molecular formula is C49H77NO16. The van der Waals surface area contributed by atoms with Gasteiger partial charge in [0.1, 0.15) is 12.2 Å². The molecule has 2 bridgehead atoms. The first-order valence-electron chi connectivity index (χ1n) is 23.0. The Balaban J connectivity index is 1.87. The number of allylic oxidation sites excluding steroid dienone is 12. The fourth-order valence-electron chi connectivity index (χ4n) is 8.14. The zero-order valence-corrected chi connectivity index (χ0v) is 38.5. The van der Waals surface area contributed by atoms with Crippen molar-refractivity contribution in [2.45, 2.75) is 177 Å². The van der Waals surface area contributed by atoms with Gasteiger partial charge in [-0.3, -0.25) is 4.79 Å². The molecule has 0 spiro atoms. The molecule has 0 radical (unpaired) electrons. The fourth-order valence-corrected chi connectivity index (χ4v) is 8.14. The zero-order valence-electron chi connectivity index (χ0n) is 38.5. The summed E-state index contributed by atoms with van der Waals surface area (Å²) >= 11 is 0. The Morgan fingerprint density at radius 3 is 1.88 bits per heavy atom. The molecule has 66 heavy (non-hydrogen) atoms. The van der Waals surface area contributed by atoms with Gasteiger partial charge in [0.05, 0.1) is 86.2 Å². The van der Waals surface area contributed by atoms with Crippen molar-refractivity contribution in [3.8, 4) is 0 Å². The lowest BCUT2D eigenvalue weighted by atomic mass is 9.82. The first-order chi connectivity index (χ1) is 31.2. The predicted octanol–water partition coefficient (Wildman–Crippen LogP) is 1.18. The van der Waals surface area contributed by atoms with Crippen LogP contribution >= 0.6 is 0 Å². The van der Waals surface area contributed by atoms with Gasteiger partial charge in [-0.25, -0.2) is 0 Å². The third-order valence-electron chi connectivity index (χ3n) is 12.3. The maximum atomic E-state index is 12.6. The molecule has 0 saturated carbocycles. The van der Waals surface area contributed by atoms with E-state index in [1.54, 1.807) is 69.4 Å². The van der Waals surface area contributed by atoms with E-state index >= 15 is 0 Å². The van der Waals surface area contributed by atoms with Gasteiger partial charge in [0, 0.05) is 43.4 Å². The second-order valence-electron chi connectivity index (χ2n) is 17.9. The second-order valence-corrected chi connectivity index (χ2v) is 17.9. The van der Waals surface area contributed by atoms with E-state index < -0.39 is 135 Å². The van der Waals surface area contributed by atoms with Crippen LogP contribution in [0, 0.1) is 17.8 Å². The molecule has 17 nitrogen and oxygen atoms in total. The molecule has 374 valence electrons. The molecule has 0 aromatic carbocycles. The summed E-state index contributed by atoms with van der Waals surface area (Å²) in [5, 5.41) is 118. The lowest BCUT2D eigenvalue weighted by Crippen LogP contribution is -2.61. The van der Waals surface area contributed by atoms with Crippen molar-refractivity contribution in [2.75, 3.05) is 6.61 Å². The van der Waals surface area contributed by atoms with Crippen LogP contribution in [0.5, 0.6) is 0 Å². The number of esters is 1. The number of carbonyl (C=O) groups is 1. The first kappa shape index (κ1) is 57.1. The molecule has 0 aromatic heterocycles. The second kappa shape index (κ2) is 29.0. The molecule has 2 saturated heterocycles. The zero-order chi connectivity index (χ0) is 49.0. The number of cyclic esters (lactones) is 1. The van der Waals surface area contributed by atoms with Crippen LogP contribution in [0.15, 0.2) is 97.2 Å². The lowest BCUT2D eigenvalue weighted by Gasteiger charge is -2.46. The van der Waals surface area contributed by atoms with Crippen LogP contribution in [0.3, 0.4) is 0 Å². The van der Waals surface area contributed by atoms with Crippen LogP contribution in [0.25, 0.3) is 0 Å². The highest BCUT2D eigenvalue weighted by Gasteiger charge is 2.48. The number of aliphatic hydroxyl groups is 11. The maximum absolute atomic E-state index is 12.6. The topological polar surface area (TPSA) is 303 Å². The minimum absolute atomic E-state index is 0.0625. The van der Waals surface area contributed by atoms with Crippen molar-refractivity contribution in [2.24, 2.45) is 23.5 Å². The molecule has 3 heterocycles. The Labute approximate surface area is 388 Å². The highest BCUT2D eigenvalue weighted by molar-refractivity contribution is 5.70. The van der Waals surface area contributed by atoms with Gasteiger partial charge in [-0.1, -0.05) is 111 Å². The number of carbonyl (C=O) groups excluding carboxylic acids is 1. The van der Waals surface area contributed by atoms with Crippen molar-refractivity contribution >= 4 is 5.97 Å². The minimum Gasteiger partial charge on any atom is -0.462 e. The van der Waals surface area contributed by atoms with Crippen LogP contribution in [0.4, 0.5) is 0 Å². The molecular weight excluding hydrogens is 859 g/mol. The highest BCUT2D eigenvalue weighted by Crippen LogP contribution is 2.38. The lowest BCUT2D eigenvalue weighted by molar-refractivity contribution is -0.306. The molecule has 17 heteroatoms. The monoisotopic (exact) mass is 936 g/mol. The largest absolute Gasteiger partial charge is 0.462 e. The van der Waals surface area contributed by atoms with Gasteiger partial charge in [-0.2, -0.15) is 0 Å². The quantitative estimate of drug-likeness (QED) is 0.139. The summed E-state index contributed by atoms with van der Waals surface area (Å²) in [7, 11) is 0. The molecule has 19 atom stereocenters. The van der Waals surface area contributed by atoms with Crippen molar-refractivity contribution in [3.63, 3.8) is 0 Å². The summed E-state index contributed by atoms with van der Waals surface area (Å²) in [6.45, 7) is 6.48. The van der Waals surface area contributed by atoms with Crippen LogP contribution < -0.4 is 5.73 Å². The number of nitrogens with two attached hydrogens (primary N) is 1. The maximum Gasteiger partial charge on any atom is 0.308 e. The Hall–Kier alpha value is -3.21. The summed E-state index contributed by atoms with van der Waals surface area (Å²) in [5.41, 5.74) is 6.08. The SMILES string of the molecule is C[C@@H]1[C@H](O)[C@@H](C)\C=C/C=C/C=C/C=C/C=C/C=C/C=C/[C@H](O[C@@H]2O[C@H](C)[C@@H](O)[C@H](N)[C@@H]2O)C[C@@H]2O[C@](O)(C[C@@H](O)C[C@@H](O)[C@H](O)CC[C@@H](O)C[C@@H](O)CC(=O)O[C@H]1C)C[C@H](O)[C@H]2/C=C/CO. The number of fused-ring (bicyclic) bond motifs is 2. The molecule has 0 unspecified atom stereocenters. The minimum atomic E-state index is -2.15. The van der Waals surface area contributed by atoms with Gasteiger partial charge >= 0.3 is 5.97 Å². The van der Waals surface area contributed by atoms with E-state index in [4.69, 9.17) is 24.7 Å². The summed E-state index contributed by atoms with van der Waals surface area (Å²) < 4.78 is 23.7. The number of ether oxygens (including phenoxy) is 4. The molecule has 0 aromatic rings. The van der Waals surface area contributed by atoms with E-state index in [-0.39, 0.29) is 44.6 Å². The third kappa shape index (κ3) is 19.4. The summed E-state index contributed by atoms with van der Waals surface area (Å²) in [4.78, 5) is 12.6. The third-order valence-corrected chi connectivity index (χ3v) is 12.3. The number of hydrogen-bond donors (Lipinski definition) is 12. The summed E-state index contributed by atoms with van der Waals surface area (Å²) in [5.74, 6) is -4.37. The van der Waals surface area contributed by atoms with Gasteiger partial charge in [0.15, 0.2) is 12.1 Å². The van der Waals surface area contributed by atoms with Crippen molar-refractivity contribution in [1.82, 2.24) is 0 Å². The van der Waals surface area contributed by atoms with E-state index in [9.17, 15) is 61.0 Å². The fraction of sp³-hybridized carbons (Fsp3) is 0.653. The van der Waals surface area contributed by atoms with Crippen molar-refractivity contribution in [1.29, 1.82) is 0 Å². The van der Waals surface area contributed by atoms with Crippen LogP contribution in [0.2, 0.25) is 0 Å². The normalized spacial score (nSPS) is 45.2. The molecule has 2 fully saturated rings. The summed E-state index contributed by atoms with van der Waals surface area (Å²) in [6.07, 6.45) is 9.51.